The van der Waals surface area contributed by atoms with E-state index >= 15 is 0 Å². The molecule has 7 heteroatoms. The van der Waals surface area contributed by atoms with Crippen molar-refractivity contribution in [3.63, 3.8) is 0 Å². The minimum Gasteiger partial charge on any atom is -0.315 e. The highest BCUT2D eigenvalue weighted by Gasteiger charge is 2.46. The van der Waals surface area contributed by atoms with E-state index in [0.29, 0.717) is 6.42 Å². The Morgan fingerprint density at radius 2 is 1.87 bits per heavy atom. The van der Waals surface area contributed by atoms with Crippen LogP contribution in [0.5, 0.6) is 0 Å². The molecule has 0 aromatic heterocycles. The number of alkyl halides is 3. The molecule has 0 bridgehead atoms. The molecular weight excluding hydrogens is 213 g/mol. The third kappa shape index (κ3) is 2.21. The summed E-state index contributed by atoms with van der Waals surface area (Å²) in [5.74, 6) is -0.776. The highest BCUT2D eigenvalue weighted by atomic mass is 19.4. The van der Waals surface area contributed by atoms with Crippen LogP contribution in [0, 0.1) is 0 Å². The number of likely N-dealkylation sites (N-methyl/N-ethyl adjacent to an activating group) is 1. The van der Waals surface area contributed by atoms with Crippen molar-refractivity contribution in [2.45, 2.75) is 25.6 Å². The number of carbonyl (C=O) groups is 2. The number of carbonyl (C=O) groups excluding carboxylic acids is 2. The number of hydrogen-bond donors (Lipinski definition) is 0. The van der Waals surface area contributed by atoms with Crippen molar-refractivity contribution in [2.75, 3.05) is 13.6 Å². The van der Waals surface area contributed by atoms with Gasteiger partial charge in [-0.2, -0.15) is 13.2 Å². The van der Waals surface area contributed by atoms with Gasteiger partial charge in [-0.15, -0.1) is 0 Å². The van der Waals surface area contributed by atoms with Crippen LogP contribution in [0.3, 0.4) is 0 Å². The molecule has 0 spiro atoms. The van der Waals surface area contributed by atoms with Crippen molar-refractivity contribution in [1.29, 1.82) is 0 Å². The second-order valence-electron chi connectivity index (χ2n) is 3.36. The van der Waals surface area contributed by atoms with Crippen molar-refractivity contribution >= 4 is 11.9 Å². The zero-order valence-electron chi connectivity index (χ0n) is 8.34. The fraction of sp³-hybridized carbons (Fsp3) is 0.750. The van der Waals surface area contributed by atoms with Gasteiger partial charge >= 0.3 is 12.2 Å². The van der Waals surface area contributed by atoms with E-state index in [-0.39, 0.29) is 4.90 Å². The summed E-state index contributed by atoms with van der Waals surface area (Å²) in [6, 6.07) is -1.65. The van der Waals surface area contributed by atoms with Gasteiger partial charge in [-0.05, 0) is 6.42 Å². The first-order valence-electron chi connectivity index (χ1n) is 4.43. The van der Waals surface area contributed by atoms with Crippen molar-refractivity contribution in [2.24, 2.45) is 0 Å². The maximum absolute atomic E-state index is 12.0. The quantitative estimate of drug-likeness (QED) is 0.662. The first-order valence-corrected chi connectivity index (χ1v) is 4.43. The third-order valence-electron chi connectivity index (χ3n) is 2.28. The number of halogens is 3. The van der Waals surface area contributed by atoms with Gasteiger partial charge in [0.2, 0.25) is 0 Å². The van der Waals surface area contributed by atoms with Crippen molar-refractivity contribution in [3.8, 4) is 0 Å². The smallest absolute Gasteiger partial charge is 0.315 e. The highest BCUT2D eigenvalue weighted by molar-refractivity contribution is 6.04. The molecule has 1 atom stereocenters. The molecule has 1 rings (SSSR count). The Morgan fingerprint density at radius 3 is 2.20 bits per heavy atom. The minimum absolute atomic E-state index is 0.244. The van der Waals surface area contributed by atoms with Crippen molar-refractivity contribution in [3.05, 3.63) is 0 Å². The molecular formula is C8H11F3N2O2. The SMILES string of the molecule is CCC1C(=O)N(CC(F)(F)F)C(=O)N1C. The number of amides is 3. The lowest BCUT2D eigenvalue weighted by molar-refractivity contribution is -0.153. The van der Waals surface area contributed by atoms with E-state index in [1.165, 1.54) is 7.05 Å². The molecule has 0 aromatic rings. The van der Waals surface area contributed by atoms with Crippen LogP contribution in [-0.4, -0.2) is 47.5 Å². The van der Waals surface area contributed by atoms with Crippen LogP contribution in [0.15, 0.2) is 0 Å². The Bertz CT molecular complexity index is 290. The Labute approximate surface area is 84.6 Å². The third-order valence-corrected chi connectivity index (χ3v) is 2.28. The molecule has 86 valence electrons. The second kappa shape index (κ2) is 3.71. The summed E-state index contributed by atoms with van der Waals surface area (Å²) in [6.45, 7) is 0.134. The zero-order valence-corrected chi connectivity index (χ0v) is 8.34. The lowest BCUT2D eigenvalue weighted by Crippen LogP contribution is -2.39. The number of imide groups is 1. The summed E-state index contributed by atoms with van der Waals surface area (Å²) in [7, 11) is 1.32. The molecule has 0 radical (unpaired) electrons. The number of nitrogens with zero attached hydrogens (tertiary/aromatic N) is 2. The van der Waals surface area contributed by atoms with Crippen LogP contribution in [0.2, 0.25) is 0 Å². The number of urea groups is 1. The summed E-state index contributed by atoms with van der Waals surface area (Å²) in [4.78, 5) is 24.0. The van der Waals surface area contributed by atoms with E-state index in [1.54, 1.807) is 6.92 Å². The van der Waals surface area contributed by atoms with Gasteiger partial charge in [0.25, 0.3) is 5.91 Å². The number of rotatable bonds is 2. The Balaban J connectivity index is 2.84. The number of hydrogen-bond acceptors (Lipinski definition) is 2. The minimum atomic E-state index is -4.55. The standard InChI is InChI=1S/C8H11F3N2O2/c1-3-5-6(14)13(4-8(9,10)11)7(15)12(5)2/h5H,3-4H2,1-2H3. The fourth-order valence-corrected chi connectivity index (χ4v) is 1.54. The van der Waals surface area contributed by atoms with E-state index < -0.39 is 30.7 Å². The second-order valence-corrected chi connectivity index (χ2v) is 3.36. The summed E-state index contributed by atoms with van der Waals surface area (Å²) in [6.07, 6.45) is -4.23. The van der Waals surface area contributed by atoms with Gasteiger partial charge in [0.15, 0.2) is 0 Å². The zero-order chi connectivity index (χ0) is 11.8. The summed E-state index contributed by atoms with van der Waals surface area (Å²) in [5, 5.41) is 0. The largest absolute Gasteiger partial charge is 0.406 e. The molecule has 3 amide bonds. The summed E-state index contributed by atoms with van der Waals surface area (Å²) in [5.41, 5.74) is 0. The topological polar surface area (TPSA) is 40.6 Å². The highest BCUT2D eigenvalue weighted by Crippen LogP contribution is 2.23. The van der Waals surface area contributed by atoms with Crippen LogP contribution >= 0.6 is 0 Å². The molecule has 1 aliphatic heterocycles. The maximum Gasteiger partial charge on any atom is 0.406 e. The molecule has 4 nitrogen and oxygen atoms in total. The predicted octanol–water partition coefficient (Wildman–Crippen LogP) is 1.22. The van der Waals surface area contributed by atoms with E-state index in [0.717, 1.165) is 4.90 Å². The van der Waals surface area contributed by atoms with Gasteiger partial charge < -0.3 is 4.90 Å². The van der Waals surface area contributed by atoms with Gasteiger partial charge in [0, 0.05) is 7.05 Å². The first kappa shape index (κ1) is 11.8. The predicted molar refractivity (Wildman–Crippen MR) is 45.0 cm³/mol. The lowest BCUT2D eigenvalue weighted by Gasteiger charge is -2.15. The normalized spacial score (nSPS) is 22.9. The van der Waals surface area contributed by atoms with Crippen LogP contribution in [0.1, 0.15) is 13.3 Å². The van der Waals surface area contributed by atoms with Gasteiger partial charge in [-0.1, -0.05) is 6.92 Å². The van der Waals surface area contributed by atoms with Crippen LogP contribution < -0.4 is 0 Å². The first-order chi connectivity index (χ1) is 6.78. The van der Waals surface area contributed by atoms with E-state index in [4.69, 9.17) is 0 Å². The van der Waals surface area contributed by atoms with E-state index in [1.807, 2.05) is 0 Å². The molecule has 1 unspecified atom stereocenters. The van der Waals surface area contributed by atoms with Crippen LogP contribution in [-0.2, 0) is 4.79 Å². The molecule has 1 fully saturated rings. The van der Waals surface area contributed by atoms with Crippen LogP contribution in [0.4, 0.5) is 18.0 Å². The Morgan fingerprint density at radius 1 is 1.33 bits per heavy atom. The van der Waals surface area contributed by atoms with Gasteiger partial charge in [-0.25, -0.2) is 4.79 Å². The van der Waals surface area contributed by atoms with Gasteiger partial charge in [0.05, 0.1) is 0 Å². The van der Waals surface area contributed by atoms with Crippen LogP contribution in [0.25, 0.3) is 0 Å². The fourth-order valence-electron chi connectivity index (χ4n) is 1.54. The Kier molecular flexibility index (Phi) is 2.92. The summed E-state index contributed by atoms with van der Waals surface area (Å²) < 4.78 is 36.1. The van der Waals surface area contributed by atoms with E-state index in [2.05, 4.69) is 0 Å². The van der Waals surface area contributed by atoms with Gasteiger partial charge in [0.1, 0.15) is 12.6 Å². The van der Waals surface area contributed by atoms with Crippen molar-refractivity contribution in [1.82, 2.24) is 9.80 Å². The van der Waals surface area contributed by atoms with E-state index in [9.17, 15) is 22.8 Å². The Hall–Kier alpha value is -1.27. The molecule has 1 aliphatic rings. The molecule has 0 saturated carbocycles. The average Bonchev–Trinajstić information content (AvgIpc) is 2.28. The monoisotopic (exact) mass is 224 g/mol. The summed E-state index contributed by atoms with van der Waals surface area (Å²) >= 11 is 0. The average molecular weight is 224 g/mol. The maximum atomic E-state index is 12.0. The lowest BCUT2D eigenvalue weighted by atomic mass is 10.2. The van der Waals surface area contributed by atoms with Crippen molar-refractivity contribution < 1.29 is 22.8 Å². The molecule has 1 heterocycles. The molecule has 0 N–H and O–H groups in total. The molecule has 1 saturated heterocycles. The molecule has 0 aliphatic carbocycles. The molecule has 0 aromatic carbocycles. The molecule has 15 heavy (non-hydrogen) atoms. The van der Waals surface area contributed by atoms with Gasteiger partial charge in [-0.3, -0.25) is 9.69 Å².